The van der Waals surface area contributed by atoms with Crippen LogP contribution in [0.5, 0.6) is 0 Å². The lowest BCUT2D eigenvalue weighted by Gasteiger charge is -2.26. The summed E-state index contributed by atoms with van der Waals surface area (Å²) in [6, 6.07) is 14.3. The minimum atomic E-state index is 0.229. The second-order valence-electron chi connectivity index (χ2n) is 7.20. The zero-order valence-corrected chi connectivity index (χ0v) is 16.2. The van der Waals surface area contributed by atoms with Crippen molar-refractivity contribution in [3.63, 3.8) is 0 Å². The molecular weight excluding hydrogens is 356 g/mol. The van der Waals surface area contributed by atoms with Gasteiger partial charge in [0.1, 0.15) is 0 Å². The van der Waals surface area contributed by atoms with E-state index in [1.165, 1.54) is 22.3 Å². The predicted molar refractivity (Wildman–Crippen MR) is 112 cm³/mol. The molecule has 1 aliphatic rings. The number of H-pyrrole nitrogens is 1. The number of halogens is 1. The van der Waals surface area contributed by atoms with Crippen molar-refractivity contribution in [3.05, 3.63) is 76.5 Å². The average Bonchev–Trinajstić information content (AvgIpc) is 3.10. The topological polar surface area (TPSA) is 36.1 Å². The smallest absolute Gasteiger partial charge is 0.223 e. The summed E-state index contributed by atoms with van der Waals surface area (Å²) >= 11 is 6.16. The number of aromatic amines is 1. The first-order valence-corrected chi connectivity index (χ1v) is 9.77. The van der Waals surface area contributed by atoms with E-state index in [1.807, 2.05) is 29.3 Å². The predicted octanol–water partition coefficient (Wildman–Crippen LogP) is 5.38. The van der Waals surface area contributed by atoms with E-state index >= 15 is 0 Å². The van der Waals surface area contributed by atoms with Crippen molar-refractivity contribution in [2.24, 2.45) is 0 Å². The number of nitrogens with one attached hydrogen (secondary N) is 1. The molecule has 0 atom stereocenters. The zero-order chi connectivity index (χ0) is 18.8. The van der Waals surface area contributed by atoms with Crippen LogP contribution in [0.1, 0.15) is 29.5 Å². The molecule has 3 aromatic rings. The summed E-state index contributed by atoms with van der Waals surface area (Å²) in [6.45, 7) is 3.52. The first-order valence-electron chi connectivity index (χ1n) is 9.39. The van der Waals surface area contributed by atoms with Crippen molar-refractivity contribution in [2.45, 2.75) is 26.2 Å². The number of aryl methyl sites for hydroxylation is 2. The molecule has 0 radical (unpaired) electrons. The van der Waals surface area contributed by atoms with E-state index in [-0.39, 0.29) is 5.91 Å². The third-order valence-corrected chi connectivity index (χ3v) is 5.53. The average molecular weight is 379 g/mol. The molecule has 0 fully saturated rings. The van der Waals surface area contributed by atoms with E-state index in [0.717, 1.165) is 35.3 Å². The molecule has 0 saturated heterocycles. The summed E-state index contributed by atoms with van der Waals surface area (Å²) in [4.78, 5) is 17.8. The molecule has 0 bridgehead atoms. The lowest BCUT2D eigenvalue weighted by atomic mass is 9.98. The van der Waals surface area contributed by atoms with Crippen LogP contribution in [-0.4, -0.2) is 28.9 Å². The first-order chi connectivity index (χ1) is 13.1. The van der Waals surface area contributed by atoms with Gasteiger partial charge in [-0.15, -0.1) is 0 Å². The highest BCUT2D eigenvalue weighted by Gasteiger charge is 2.19. The Bertz CT molecular complexity index is 1000. The van der Waals surface area contributed by atoms with E-state index in [1.54, 1.807) is 0 Å². The summed E-state index contributed by atoms with van der Waals surface area (Å²) in [5.74, 6) is 0.229. The van der Waals surface area contributed by atoms with Crippen LogP contribution in [-0.2, 0) is 11.2 Å². The Morgan fingerprint density at radius 2 is 2.00 bits per heavy atom. The Labute approximate surface area is 164 Å². The fraction of sp³-hybridized carbons (Fsp3) is 0.261. The highest BCUT2D eigenvalue weighted by Crippen LogP contribution is 2.31. The van der Waals surface area contributed by atoms with E-state index in [4.69, 9.17) is 11.6 Å². The maximum Gasteiger partial charge on any atom is 0.223 e. The van der Waals surface area contributed by atoms with Crippen LogP contribution in [0.4, 0.5) is 0 Å². The molecule has 0 aliphatic carbocycles. The summed E-state index contributed by atoms with van der Waals surface area (Å²) < 4.78 is 0. The van der Waals surface area contributed by atoms with Crippen LogP contribution in [0.2, 0.25) is 5.02 Å². The normalized spacial score (nSPS) is 14.4. The number of carbonyl (C=O) groups is 1. The lowest BCUT2D eigenvalue weighted by Crippen LogP contribution is -2.34. The third kappa shape index (κ3) is 3.93. The molecule has 0 spiro atoms. The van der Waals surface area contributed by atoms with Gasteiger partial charge in [0.05, 0.1) is 0 Å². The van der Waals surface area contributed by atoms with Gasteiger partial charge >= 0.3 is 0 Å². The number of rotatable bonds is 4. The summed E-state index contributed by atoms with van der Waals surface area (Å²) in [5, 5.41) is 1.89. The van der Waals surface area contributed by atoms with Crippen molar-refractivity contribution in [1.29, 1.82) is 0 Å². The van der Waals surface area contributed by atoms with E-state index < -0.39 is 0 Å². The molecule has 1 aliphatic heterocycles. The largest absolute Gasteiger partial charge is 0.361 e. The molecule has 2 aromatic carbocycles. The summed E-state index contributed by atoms with van der Waals surface area (Å²) in [5.41, 5.74) is 6.03. The van der Waals surface area contributed by atoms with Crippen LogP contribution in [0.15, 0.2) is 54.7 Å². The number of fused-ring (bicyclic) bond motifs is 1. The van der Waals surface area contributed by atoms with Crippen LogP contribution < -0.4 is 0 Å². The summed E-state index contributed by atoms with van der Waals surface area (Å²) in [6.07, 6.45) is 6.45. The highest BCUT2D eigenvalue weighted by molar-refractivity contribution is 6.31. The maximum absolute atomic E-state index is 12.6. The molecule has 1 N–H and O–H groups in total. The number of carbonyl (C=O) groups excluding carboxylic acids is 1. The van der Waals surface area contributed by atoms with Gasteiger partial charge in [-0.1, -0.05) is 47.5 Å². The number of nitrogens with zero attached hydrogens (tertiary/aromatic N) is 1. The SMILES string of the molecule is Cc1ccc(CCC(=O)N2CC=C(c3c[nH]c4ccc(Cl)cc34)CC2)cc1. The van der Waals surface area contributed by atoms with Crippen molar-refractivity contribution < 1.29 is 4.79 Å². The Morgan fingerprint density at radius 1 is 1.19 bits per heavy atom. The quantitative estimate of drug-likeness (QED) is 0.650. The summed E-state index contributed by atoms with van der Waals surface area (Å²) in [7, 11) is 0. The van der Waals surface area contributed by atoms with Gasteiger partial charge < -0.3 is 9.88 Å². The molecular formula is C23H23ClN2O. The minimum Gasteiger partial charge on any atom is -0.361 e. The van der Waals surface area contributed by atoms with E-state index in [0.29, 0.717) is 13.0 Å². The maximum atomic E-state index is 12.6. The van der Waals surface area contributed by atoms with Crippen molar-refractivity contribution in [2.75, 3.05) is 13.1 Å². The number of hydrogen-bond donors (Lipinski definition) is 1. The molecule has 4 rings (SSSR count). The molecule has 0 unspecified atom stereocenters. The molecule has 2 heterocycles. The van der Waals surface area contributed by atoms with Gasteiger partial charge in [-0.25, -0.2) is 0 Å². The molecule has 1 aromatic heterocycles. The Balaban J connectivity index is 1.41. The van der Waals surface area contributed by atoms with E-state index in [9.17, 15) is 4.79 Å². The van der Waals surface area contributed by atoms with Crippen LogP contribution >= 0.6 is 11.6 Å². The fourth-order valence-corrected chi connectivity index (χ4v) is 3.84. The molecule has 3 nitrogen and oxygen atoms in total. The Hall–Kier alpha value is -2.52. The standard InChI is InChI=1S/C23H23ClN2O/c1-16-2-4-17(5-3-16)6-9-23(27)26-12-10-18(11-13-26)21-15-25-22-8-7-19(24)14-20(21)22/h2-5,7-8,10,14-15,25H,6,9,11-13H2,1H3. The van der Waals surface area contributed by atoms with Crippen LogP contribution in [0.3, 0.4) is 0 Å². The Morgan fingerprint density at radius 3 is 2.74 bits per heavy atom. The van der Waals surface area contributed by atoms with E-state index in [2.05, 4.69) is 42.2 Å². The number of aromatic nitrogens is 1. The fourth-order valence-electron chi connectivity index (χ4n) is 3.66. The van der Waals surface area contributed by atoms with Gasteiger partial charge in [-0.05, 0) is 49.1 Å². The van der Waals surface area contributed by atoms with Crippen molar-refractivity contribution >= 4 is 34.0 Å². The molecule has 138 valence electrons. The monoisotopic (exact) mass is 378 g/mol. The molecule has 27 heavy (non-hydrogen) atoms. The number of amides is 1. The van der Waals surface area contributed by atoms with Crippen LogP contribution in [0, 0.1) is 6.92 Å². The van der Waals surface area contributed by atoms with Gasteiger partial charge in [0.25, 0.3) is 0 Å². The Kier molecular flexibility index (Phi) is 5.04. The number of hydrogen-bond acceptors (Lipinski definition) is 1. The van der Waals surface area contributed by atoms with Gasteiger partial charge in [-0.2, -0.15) is 0 Å². The lowest BCUT2D eigenvalue weighted by molar-refractivity contribution is -0.130. The van der Waals surface area contributed by atoms with Gasteiger partial charge in [0.2, 0.25) is 5.91 Å². The number of benzene rings is 2. The highest BCUT2D eigenvalue weighted by atomic mass is 35.5. The molecule has 4 heteroatoms. The van der Waals surface area contributed by atoms with Crippen molar-refractivity contribution in [1.82, 2.24) is 9.88 Å². The third-order valence-electron chi connectivity index (χ3n) is 5.30. The van der Waals surface area contributed by atoms with Gasteiger partial charge in [0, 0.05) is 47.2 Å². The first kappa shape index (κ1) is 17.9. The van der Waals surface area contributed by atoms with Gasteiger partial charge in [0.15, 0.2) is 0 Å². The van der Waals surface area contributed by atoms with Crippen molar-refractivity contribution in [3.8, 4) is 0 Å². The van der Waals surface area contributed by atoms with Gasteiger partial charge in [-0.3, -0.25) is 4.79 Å². The second kappa shape index (κ2) is 7.61. The molecule has 1 amide bonds. The molecule has 0 saturated carbocycles. The zero-order valence-electron chi connectivity index (χ0n) is 15.5. The minimum absolute atomic E-state index is 0.229. The second-order valence-corrected chi connectivity index (χ2v) is 7.63. The van der Waals surface area contributed by atoms with Crippen LogP contribution in [0.25, 0.3) is 16.5 Å².